The van der Waals surface area contributed by atoms with Gasteiger partial charge in [-0.05, 0) is 80.6 Å². The Hall–Kier alpha value is -2.73. The smallest absolute Gasteiger partial charge is 0.264 e. The van der Waals surface area contributed by atoms with E-state index < -0.39 is 21.6 Å². The number of benzene rings is 1. The number of amides is 2. The van der Waals surface area contributed by atoms with Crippen LogP contribution in [-0.4, -0.2) is 74.8 Å². The largest absolute Gasteiger partial charge is 0.491 e. The lowest BCUT2D eigenvalue weighted by Gasteiger charge is -2.43. The van der Waals surface area contributed by atoms with Crippen LogP contribution in [0.25, 0.3) is 0 Å². The number of nitrogens with zero attached hydrogens (tertiary/aromatic N) is 3. The summed E-state index contributed by atoms with van der Waals surface area (Å²) in [6.45, 7) is 2.78. The molecule has 12 heteroatoms. The van der Waals surface area contributed by atoms with Crippen LogP contribution < -0.4 is 15.0 Å². The minimum absolute atomic E-state index is 0.00446. The van der Waals surface area contributed by atoms with Crippen molar-refractivity contribution in [2.45, 2.75) is 56.1 Å². The third-order valence-electron chi connectivity index (χ3n) is 8.33. The summed E-state index contributed by atoms with van der Waals surface area (Å²) in [7, 11) is -3.52. The van der Waals surface area contributed by atoms with Gasteiger partial charge < -0.3 is 10.1 Å². The van der Waals surface area contributed by atoms with Crippen LogP contribution in [0.3, 0.4) is 0 Å². The van der Waals surface area contributed by atoms with E-state index in [1.165, 1.54) is 0 Å². The van der Waals surface area contributed by atoms with Gasteiger partial charge in [0.2, 0.25) is 11.8 Å². The lowest BCUT2D eigenvalue weighted by molar-refractivity contribution is -0.122. The van der Waals surface area contributed by atoms with Crippen LogP contribution in [0.5, 0.6) is 5.75 Å². The Morgan fingerprint density at radius 2 is 1.92 bits per heavy atom. The van der Waals surface area contributed by atoms with E-state index in [-0.39, 0.29) is 17.9 Å². The molecule has 1 spiro atoms. The fraction of sp³-hybridized carbons (Fsp3) is 0.519. The summed E-state index contributed by atoms with van der Waals surface area (Å²) < 4.78 is 33.8. The topological polar surface area (TPSA) is 118 Å². The molecule has 2 fully saturated rings. The molecule has 1 aromatic heterocycles. The second-order valence-corrected chi connectivity index (χ2v) is 12.9. The van der Waals surface area contributed by atoms with Gasteiger partial charge in [0.1, 0.15) is 18.2 Å². The molecule has 2 amide bonds. The molecule has 1 aliphatic carbocycles. The molecule has 0 bridgehead atoms. The highest BCUT2D eigenvalue weighted by molar-refractivity contribution is 7.86. The van der Waals surface area contributed by atoms with Gasteiger partial charge >= 0.3 is 0 Å². The van der Waals surface area contributed by atoms with E-state index >= 15 is 0 Å². The number of hydrogen-bond donors (Lipinski definition) is 1. The van der Waals surface area contributed by atoms with Crippen molar-refractivity contribution in [2.75, 3.05) is 42.7 Å². The van der Waals surface area contributed by atoms with Crippen LogP contribution in [0, 0.1) is 0 Å². The normalized spacial score (nSPS) is 24.2. The standard InChI is InChI=1S/C27H31ClN4O6S/c1-39(35,36)38-20-14-19(15-20)32-24(33)5-2-17-12-21(16-29-25(17)32)37-11-10-31-8-6-27(7-9-31)22-13-18(28)3-4-23(22)30-26(27)34/h3-4,12-13,16,19-20H,2,5-11,14-15H2,1H3,(H,30,34). The van der Waals surface area contributed by atoms with E-state index in [0.717, 1.165) is 55.5 Å². The molecule has 2 aromatic rings. The Kier molecular flexibility index (Phi) is 6.81. The average Bonchev–Trinajstić information content (AvgIpc) is 3.12. The Labute approximate surface area is 232 Å². The predicted octanol–water partition coefficient (Wildman–Crippen LogP) is 2.89. The summed E-state index contributed by atoms with van der Waals surface area (Å²) in [4.78, 5) is 34.1. The van der Waals surface area contributed by atoms with Gasteiger partial charge in [0.25, 0.3) is 10.1 Å². The number of pyridine rings is 1. The molecule has 1 saturated carbocycles. The second-order valence-electron chi connectivity index (χ2n) is 10.9. The van der Waals surface area contributed by atoms with Crippen molar-refractivity contribution in [1.29, 1.82) is 0 Å². The van der Waals surface area contributed by atoms with Gasteiger partial charge in [-0.15, -0.1) is 0 Å². The third-order valence-corrected chi connectivity index (χ3v) is 9.19. The third kappa shape index (κ3) is 5.13. The number of carbonyl (C=O) groups excluding carboxylic acids is 2. The van der Waals surface area contributed by atoms with Gasteiger partial charge in [-0.3, -0.25) is 23.6 Å². The van der Waals surface area contributed by atoms with E-state index in [2.05, 4.69) is 15.2 Å². The maximum absolute atomic E-state index is 12.9. The number of carbonyl (C=O) groups is 2. The van der Waals surface area contributed by atoms with Crippen molar-refractivity contribution in [3.63, 3.8) is 0 Å². The molecule has 0 unspecified atom stereocenters. The first-order valence-electron chi connectivity index (χ1n) is 13.3. The number of rotatable bonds is 7. The number of likely N-dealkylation sites (tertiary alicyclic amines) is 1. The fourth-order valence-electron chi connectivity index (χ4n) is 6.23. The number of fused-ring (bicyclic) bond motifs is 3. The highest BCUT2D eigenvalue weighted by Gasteiger charge is 2.48. The summed E-state index contributed by atoms with van der Waals surface area (Å²) in [6, 6.07) is 7.42. The molecule has 1 aromatic carbocycles. The number of ether oxygens (including phenoxy) is 1. The van der Waals surface area contributed by atoms with E-state index in [4.69, 9.17) is 20.5 Å². The number of piperidine rings is 1. The van der Waals surface area contributed by atoms with E-state index in [0.29, 0.717) is 48.9 Å². The molecule has 4 heterocycles. The molecular formula is C27H31ClN4O6S. The SMILES string of the molecule is CS(=O)(=O)OC1CC(N2C(=O)CCc3cc(OCCN4CCC5(CC4)C(=O)Nc4ccc(Cl)cc45)cnc32)C1. The molecule has 1 saturated heterocycles. The first kappa shape index (κ1) is 26.5. The molecule has 1 N–H and O–H groups in total. The molecule has 208 valence electrons. The summed E-state index contributed by atoms with van der Waals surface area (Å²) in [6.07, 6.45) is 5.65. The van der Waals surface area contributed by atoms with Crippen LogP contribution in [0.4, 0.5) is 11.5 Å². The van der Waals surface area contributed by atoms with E-state index in [9.17, 15) is 18.0 Å². The van der Waals surface area contributed by atoms with Crippen molar-refractivity contribution in [3.05, 3.63) is 46.6 Å². The summed E-state index contributed by atoms with van der Waals surface area (Å²) in [5, 5.41) is 3.66. The van der Waals surface area contributed by atoms with Gasteiger partial charge in [-0.1, -0.05) is 11.6 Å². The monoisotopic (exact) mass is 574 g/mol. The molecular weight excluding hydrogens is 544 g/mol. The zero-order valence-electron chi connectivity index (χ0n) is 21.7. The van der Waals surface area contributed by atoms with Crippen molar-refractivity contribution < 1.29 is 26.9 Å². The lowest BCUT2D eigenvalue weighted by Crippen LogP contribution is -2.53. The van der Waals surface area contributed by atoms with Crippen molar-refractivity contribution in [3.8, 4) is 5.75 Å². The minimum Gasteiger partial charge on any atom is -0.491 e. The first-order valence-corrected chi connectivity index (χ1v) is 15.5. The summed E-state index contributed by atoms with van der Waals surface area (Å²) in [5.41, 5.74) is 2.30. The minimum atomic E-state index is -3.52. The molecule has 0 radical (unpaired) electrons. The van der Waals surface area contributed by atoms with Crippen molar-refractivity contribution in [2.24, 2.45) is 0 Å². The Balaban J connectivity index is 1.03. The maximum Gasteiger partial charge on any atom is 0.264 e. The number of nitrogens with one attached hydrogen (secondary N) is 1. The van der Waals surface area contributed by atoms with Crippen LogP contribution in [-0.2, 0) is 35.7 Å². The zero-order valence-corrected chi connectivity index (χ0v) is 23.3. The first-order chi connectivity index (χ1) is 18.6. The van der Waals surface area contributed by atoms with Gasteiger partial charge in [0, 0.05) is 29.7 Å². The van der Waals surface area contributed by atoms with Crippen molar-refractivity contribution >= 4 is 45.0 Å². The highest BCUT2D eigenvalue weighted by Crippen LogP contribution is 2.45. The van der Waals surface area contributed by atoms with Crippen molar-refractivity contribution in [1.82, 2.24) is 9.88 Å². The van der Waals surface area contributed by atoms with Gasteiger partial charge in [0.15, 0.2) is 0 Å². The van der Waals surface area contributed by atoms with Crippen LogP contribution >= 0.6 is 11.6 Å². The Morgan fingerprint density at radius 3 is 2.67 bits per heavy atom. The lowest BCUT2D eigenvalue weighted by atomic mass is 9.73. The predicted molar refractivity (Wildman–Crippen MR) is 146 cm³/mol. The number of halogens is 1. The van der Waals surface area contributed by atoms with Crippen LogP contribution in [0.2, 0.25) is 5.02 Å². The van der Waals surface area contributed by atoms with E-state index in [1.807, 2.05) is 18.2 Å². The zero-order chi connectivity index (χ0) is 27.4. The van der Waals surface area contributed by atoms with Gasteiger partial charge in [-0.25, -0.2) is 4.98 Å². The molecule has 3 aliphatic heterocycles. The number of anilines is 2. The number of aromatic nitrogens is 1. The van der Waals surface area contributed by atoms with Crippen LogP contribution in [0.15, 0.2) is 30.5 Å². The van der Waals surface area contributed by atoms with Crippen LogP contribution in [0.1, 0.15) is 43.2 Å². The molecule has 6 rings (SSSR count). The van der Waals surface area contributed by atoms with Gasteiger partial charge in [0.05, 0.1) is 24.0 Å². The molecule has 4 aliphatic rings. The highest BCUT2D eigenvalue weighted by atomic mass is 35.5. The summed E-state index contributed by atoms with van der Waals surface area (Å²) >= 11 is 6.23. The molecule has 0 atom stereocenters. The quantitative estimate of drug-likeness (QED) is 0.502. The number of hydrogen-bond acceptors (Lipinski definition) is 8. The molecule has 10 nitrogen and oxygen atoms in total. The van der Waals surface area contributed by atoms with Gasteiger partial charge in [-0.2, -0.15) is 8.42 Å². The fourth-order valence-corrected chi connectivity index (χ4v) is 7.05. The van der Waals surface area contributed by atoms with E-state index in [1.54, 1.807) is 17.2 Å². The molecule has 39 heavy (non-hydrogen) atoms. The Morgan fingerprint density at radius 1 is 1.15 bits per heavy atom. The second kappa shape index (κ2) is 10.0. The maximum atomic E-state index is 12.9. The Bertz CT molecular complexity index is 1420. The number of aryl methyl sites for hydroxylation is 1. The average molecular weight is 575 g/mol. The summed E-state index contributed by atoms with van der Waals surface area (Å²) in [5.74, 6) is 1.33.